The molecule has 0 aliphatic heterocycles. The smallest absolute Gasteiger partial charge is 0.329 e. The van der Waals surface area contributed by atoms with Crippen LogP contribution in [0.3, 0.4) is 0 Å². The van der Waals surface area contributed by atoms with Gasteiger partial charge in [-0.25, -0.2) is 10.8 Å². The summed E-state index contributed by atoms with van der Waals surface area (Å²) in [7, 11) is 0. The Balaban J connectivity index is 2.23. The second-order valence-corrected chi connectivity index (χ2v) is 4.10. The molecule has 1 heterocycles. The third kappa shape index (κ3) is 2.59. The molecule has 0 bridgehead atoms. The Hall–Kier alpha value is -1.96. The number of nitrogens with two attached hydrogens (primary N) is 1. The molecule has 0 spiro atoms. The molecule has 0 aromatic carbocycles. The minimum Gasteiger partial charge on any atom is -0.361 e. The molecule has 1 saturated carbocycles. The highest BCUT2D eigenvalue weighted by molar-refractivity contribution is 5.57. The van der Waals surface area contributed by atoms with Crippen LogP contribution in [-0.4, -0.2) is 20.9 Å². The summed E-state index contributed by atoms with van der Waals surface area (Å²) in [5, 5.41) is 13.9. The van der Waals surface area contributed by atoms with Crippen LogP contribution in [0.5, 0.6) is 0 Å². The molecular formula is C9H14N6O2. The van der Waals surface area contributed by atoms with Gasteiger partial charge >= 0.3 is 5.69 Å². The second-order valence-electron chi connectivity index (χ2n) is 4.10. The molecule has 92 valence electrons. The maximum absolute atomic E-state index is 10.8. The molecule has 1 aromatic heterocycles. The van der Waals surface area contributed by atoms with Gasteiger partial charge in [-0.2, -0.15) is 4.98 Å². The Morgan fingerprint density at radius 1 is 1.65 bits per heavy atom. The van der Waals surface area contributed by atoms with Crippen molar-refractivity contribution in [1.29, 1.82) is 0 Å². The summed E-state index contributed by atoms with van der Waals surface area (Å²) in [6.45, 7) is 1.99. The van der Waals surface area contributed by atoms with Gasteiger partial charge in [0.05, 0.1) is 4.92 Å². The fraction of sp³-hybridized carbons (Fsp3) is 0.556. The van der Waals surface area contributed by atoms with Gasteiger partial charge < -0.3 is 5.32 Å². The van der Waals surface area contributed by atoms with E-state index in [0.717, 1.165) is 19.0 Å². The summed E-state index contributed by atoms with van der Waals surface area (Å²) in [5.41, 5.74) is 2.12. The van der Waals surface area contributed by atoms with E-state index >= 15 is 0 Å². The highest BCUT2D eigenvalue weighted by Gasteiger charge is 2.30. The summed E-state index contributed by atoms with van der Waals surface area (Å²) < 4.78 is 0. The monoisotopic (exact) mass is 238 g/mol. The van der Waals surface area contributed by atoms with Crippen LogP contribution < -0.4 is 16.6 Å². The number of hydrazine groups is 1. The van der Waals surface area contributed by atoms with Crippen LogP contribution in [-0.2, 0) is 0 Å². The van der Waals surface area contributed by atoms with Crippen LogP contribution >= 0.6 is 0 Å². The summed E-state index contributed by atoms with van der Waals surface area (Å²) in [6.07, 6.45) is 3.44. The van der Waals surface area contributed by atoms with E-state index in [2.05, 4.69) is 20.7 Å². The fourth-order valence-corrected chi connectivity index (χ4v) is 1.61. The molecule has 0 amide bonds. The van der Waals surface area contributed by atoms with Gasteiger partial charge in [0.15, 0.2) is 0 Å². The number of hydrogen-bond donors (Lipinski definition) is 3. The zero-order valence-electron chi connectivity index (χ0n) is 9.38. The molecule has 4 N–H and O–H groups in total. The lowest BCUT2D eigenvalue weighted by atomic mass is 10.2. The van der Waals surface area contributed by atoms with Crippen LogP contribution in [0, 0.1) is 16.0 Å². The van der Waals surface area contributed by atoms with Crippen molar-refractivity contribution in [3.63, 3.8) is 0 Å². The van der Waals surface area contributed by atoms with Crippen molar-refractivity contribution in [2.24, 2.45) is 11.8 Å². The summed E-state index contributed by atoms with van der Waals surface area (Å²) in [4.78, 5) is 18.0. The number of hydrogen-bond acceptors (Lipinski definition) is 7. The fourth-order valence-electron chi connectivity index (χ4n) is 1.61. The number of aromatic nitrogens is 2. The van der Waals surface area contributed by atoms with Crippen LogP contribution in [0.25, 0.3) is 0 Å². The van der Waals surface area contributed by atoms with Crippen molar-refractivity contribution in [3.8, 4) is 0 Å². The average molecular weight is 238 g/mol. The Morgan fingerprint density at radius 3 is 2.88 bits per heavy atom. The van der Waals surface area contributed by atoms with Crippen LogP contribution in [0.1, 0.15) is 19.8 Å². The van der Waals surface area contributed by atoms with Crippen molar-refractivity contribution >= 4 is 17.5 Å². The van der Waals surface area contributed by atoms with Gasteiger partial charge in [0.2, 0.25) is 11.8 Å². The number of nitrogens with one attached hydrogen (secondary N) is 2. The zero-order valence-corrected chi connectivity index (χ0v) is 9.38. The minimum absolute atomic E-state index is 0.142. The molecule has 1 aromatic rings. The number of nitro groups is 1. The molecule has 1 fully saturated rings. The number of nitrogen functional groups attached to an aromatic ring is 1. The van der Waals surface area contributed by atoms with Crippen molar-refractivity contribution < 1.29 is 4.92 Å². The van der Waals surface area contributed by atoms with Crippen LogP contribution in [0.4, 0.5) is 17.5 Å². The molecule has 17 heavy (non-hydrogen) atoms. The van der Waals surface area contributed by atoms with Crippen molar-refractivity contribution in [3.05, 3.63) is 16.3 Å². The zero-order chi connectivity index (χ0) is 12.4. The first-order valence-electron chi connectivity index (χ1n) is 5.36. The molecule has 8 heteroatoms. The molecule has 1 atom stereocenters. The van der Waals surface area contributed by atoms with Gasteiger partial charge in [0.25, 0.3) is 0 Å². The average Bonchev–Trinajstić information content (AvgIpc) is 3.12. The molecule has 1 aliphatic rings. The first-order valence-corrected chi connectivity index (χ1v) is 5.36. The van der Waals surface area contributed by atoms with Crippen molar-refractivity contribution in [1.82, 2.24) is 9.97 Å². The van der Waals surface area contributed by atoms with Gasteiger partial charge in [0, 0.05) is 6.04 Å². The van der Waals surface area contributed by atoms with E-state index in [9.17, 15) is 10.1 Å². The van der Waals surface area contributed by atoms with E-state index in [1.807, 2.05) is 6.92 Å². The third-order valence-corrected chi connectivity index (χ3v) is 2.79. The predicted molar refractivity (Wildman–Crippen MR) is 62.3 cm³/mol. The standard InChI is InChI=1S/C9H14N6O2/c1-5(6-2-3-6)12-8-7(15(16)17)4-11-9(13-8)14-10/h4-6H,2-3,10H2,1H3,(H2,11,12,13,14). The van der Waals surface area contributed by atoms with Gasteiger partial charge in [-0.3, -0.25) is 15.5 Å². The summed E-state index contributed by atoms with van der Waals surface area (Å²) >= 11 is 0. The Kier molecular flexibility index (Phi) is 3.05. The Bertz CT molecular complexity index is 433. The van der Waals surface area contributed by atoms with E-state index in [4.69, 9.17) is 5.84 Å². The van der Waals surface area contributed by atoms with Crippen molar-refractivity contribution in [2.75, 3.05) is 10.7 Å². The summed E-state index contributed by atoms with van der Waals surface area (Å²) in [5.74, 6) is 6.10. The number of rotatable bonds is 5. The lowest BCUT2D eigenvalue weighted by Crippen LogP contribution is -2.20. The SMILES string of the molecule is CC(Nc1nc(NN)ncc1[N+](=O)[O-])C1CC1. The highest BCUT2D eigenvalue weighted by atomic mass is 16.6. The predicted octanol–water partition coefficient (Wildman–Crippen LogP) is 0.881. The normalized spacial score (nSPS) is 16.4. The Labute approximate surface area is 97.8 Å². The van der Waals surface area contributed by atoms with Gasteiger partial charge in [-0.05, 0) is 25.7 Å². The lowest BCUT2D eigenvalue weighted by Gasteiger charge is -2.13. The van der Waals surface area contributed by atoms with Crippen molar-refractivity contribution in [2.45, 2.75) is 25.8 Å². The highest BCUT2D eigenvalue weighted by Crippen LogP contribution is 2.35. The number of anilines is 2. The molecule has 2 rings (SSSR count). The van der Waals surface area contributed by atoms with E-state index in [1.165, 1.54) is 0 Å². The maximum Gasteiger partial charge on any atom is 0.329 e. The topological polar surface area (TPSA) is 119 Å². The van der Waals surface area contributed by atoms with Crippen LogP contribution in [0.2, 0.25) is 0 Å². The van der Waals surface area contributed by atoms with E-state index < -0.39 is 4.92 Å². The molecular weight excluding hydrogens is 224 g/mol. The maximum atomic E-state index is 10.8. The molecule has 0 saturated heterocycles. The van der Waals surface area contributed by atoms with Gasteiger partial charge in [-0.1, -0.05) is 0 Å². The largest absolute Gasteiger partial charge is 0.361 e. The Morgan fingerprint density at radius 2 is 2.35 bits per heavy atom. The first kappa shape index (κ1) is 11.5. The lowest BCUT2D eigenvalue weighted by molar-refractivity contribution is -0.384. The second kappa shape index (κ2) is 4.50. The molecule has 0 radical (unpaired) electrons. The van der Waals surface area contributed by atoms with Gasteiger partial charge in [0.1, 0.15) is 6.20 Å². The molecule has 1 aliphatic carbocycles. The quantitative estimate of drug-likeness (QED) is 0.395. The van der Waals surface area contributed by atoms with Crippen LogP contribution in [0.15, 0.2) is 6.20 Å². The molecule has 8 nitrogen and oxygen atoms in total. The number of nitrogens with zero attached hydrogens (tertiary/aromatic N) is 3. The van der Waals surface area contributed by atoms with E-state index in [-0.39, 0.29) is 23.5 Å². The van der Waals surface area contributed by atoms with E-state index in [0.29, 0.717) is 5.92 Å². The van der Waals surface area contributed by atoms with Gasteiger partial charge in [-0.15, -0.1) is 0 Å². The minimum atomic E-state index is -0.512. The summed E-state index contributed by atoms with van der Waals surface area (Å²) in [6, 6.07) is 0.161. The van der Waals surface area contributed by atoms with E-state index in [1.54, 1.807) is 0 Å². The first-order chi connectivity index (χ1) is 8.11. The molecule has 1 unspecified atom stereocenters. The third-order valence-electron chi connectivity index (χ3n) is 2.79.